The van der Waals surface area contributed by atoms with Crippen LogP contribution < -0.4 is 5.43 Å². The van der Waals surface area contributed by atoms with E-state index in [9.17, 15) is 31.1 Å². The summed E-state index contributed by atoms with van der Waals surface area (Å²) in [6.45, 7) is -0.971. The molecule has 2 rings (SSSR count). The van der Waals surface area contributed by atoms with Gasteiger partial charge in [0, 0.05) is 6.20 Å². The molecule has 0 aliphatic carbocycles. The predicted molar refractivity (Wildman–Crippen MR) is 59.1 cm³/mol. The number of amides is 1. The number of nitrogens with zero attached hydrogens (tertiary/aromatic N) is 2. The number of rotatable bonds is 3. The topological polar surface area (TPSA) is 54.5 Å². The number of hydrogen-bond donors (Lipinski definition) is 1. The molecule has 1 aromatic rings. The minimum atomic E-state index is -4.68. The van der Waals surface area contributed by atoms with Crippen LogP contribution in [0.4, 0.5) is 31.1 Å². The molecule has 5 nitrogen and oxygen atoms in total. The third-order valence-electron chi connectivity index (χ3n) is 2.78. The van der Waals surface area contributed by atoms with Crippen LogP contribution in [0.5, 0.6) is 0 Å². The van der Waals surface area contributed by atoms with Gasteiger partial charge in [-0.1, -0.05) is 0 Å². The molecule has 122 valence electrons. The van der Waals surface area contributed by atoms with E-state index in [2.05, 4.69) is 15.1 Å². The SMILES string of the molecule is O=C1OC(C(F)(F)F)CN1NCc1ccc(C(F)(F)F)cn1. The highest BCUT2D eigenvalue weighted by Gasteiger charge is 2.49. The summed E-state index contributed by atoms with van der Waals surface area (Å²) in [5, 5.41) is 0.595. The van der Waals surface area contributed by atoms with E-state index >= 15 is 0 Å². The summed E-state index contributed by atoms with van der Waals surface area (Å²) in [4.78, 5) is 14.7. The van der Waals surface area contributed by atoms with Gasteiger partial charge < -0.3 is 4.74 Å². The number of nitrogens with one attached hydrogen (secondary N) is 1. The molecule has 1 aliphatic heterocycles. The Kier molecular flexibility index (Phi) is 4.18. The number of hydrazine groups is 1. The largest absolute Gasteiger partial charge is 0.433 e. The monoisotopic (exact) mass is 329 g/mol. The lowest BCUT2D eigenvalue weighted by Gasteiger charge is -2.15. The molecule has 1 aliphatic rings. The van der Waals surface area contributed by atoms with Gasteiger partial charge in [0.15, 0.2) is 0 Å². The van der Waals surface area contributed by atoms with Gasteiger partial charge in [0.1, 0.15) is 0 Å². The first-order chi connectivity index (χ1) is 10.1. The van der Waals surface area contributed by atoms with Gasteiger partial charge in [-0.3, -0.25) is 4.98 Å². The summed E-state index contributed by atoms with van der Waals surface area (Å²) in [7, 11) is 0. The average molecular weight is 329 g/mol. The van der Waals surface area contributed by atoms with Gasteiger partial charge in [0.05, 0.1) is 24.3 Å². The maximum atomic E-state index is 12.4. The summed E-state index contributed by atoms with van der Waals surface area (Å²) in [6.07, 6.45) is -12.1. The number of hydrogen-bond acceptors (Lipinski definition) is 4. The number of carbonyl (C=O) groups is 1. The number of alkyl halides is 6. The van der Waals surface area contributed by atoms with Crippen LogP contribution in [0.15, 0.2) is 18.3 Å². The second-order valence-corrected chi connectivity index (χ2v) is 4.40. The minimum Gasteiger partial charge on any atom is -0.433 e. The molecule has 1 N–H and O–H groups in total. The van der Waals surface area contributed by atoms with Gasteiger partial charge >= 0.3 is 18.4 Å². The van der Waals surface area contributed by atoms with Crippen LogP contribution in [0.2, 0.25) is 0 Å². The second-order valence-electron chi connectivity index (χ2n) is 4.40. The Morgan fingerprint density at radius 2 is 1.95 bits per heavy atom. The van der Waals surface area contributed by atoms with Gasteiger partial charge in [-0.05, 0) is 12.1 Å². The number of halogens is 6. The van der Waals surface area contributed by atoms with E-state index in [1.54, 1.807) is 0 Å². The Bertz CT molecular complexity index is 542. The van der Waals surface area contributed by atoms with E-state index in [4.69, 9.17) is 0 Å². The van der Waals surface area contributed by atoms with Crippen molar-refractivity contribution in [2.75, 3.05) is 6.54 Å². The quantitative estimate of drug-likeness (QED) is 0.866. The molecule has 1 fully saturated rings. The van der Waals surface area contributed by atoms with Gasteiger partial charge in [-0.15, -0.1) is 0 Å². The van der Waals surface area contributed by atoms with Crippen LogP contribution in [0.3, 0.4) is 0 Å². The number of aromatic nitrogens is 1. The molecule has 1 aromatic heterocycles. The van der Waals surface area contributed by atoms with Crippen LogP contribution >= 0.6 is 0 Å². The summed E-state index contributed by atoms with van der Waals surface area (Å²) in [5.41, 5.74) is 1.49. The summed E-state index contributed by atoms with van der Waals surface area (Å²) >= 11 is 0. The van der Waals surface area contributed by atoms with Gasteiger partial charge in [0.2, 0.25) is 6.10 Å². The highest BCUT2D eigenvalue weighted by molar-refractivity contribution is 5.69. The zero-order chi connectivity index (χ0) is 16.5. The molecule has 1 amide bonds. The third-order valence-corrected chi connectivity index (χ3v) is 2.78. The molecule has 0 aromatic carbocycles. The molecule has 1 saturated heterocycles. The maximum absolute atomic E-state index is 12.4. The van der Waals surface area contributed by atoms with Crippen LogP contribution in [0.1, 0.15) is 11.3 Å². The fourth-order valence-corrected chi connectivity index (χ4v) is 1.64. The Hall–Kier alpha value is -2.04. The van der Waals surface area contributed by atoms with Crippen molar-refractivity contribution in [2.24, 2.45) is 0 Å². The minimum absolute atomic E-state index is 0.122. The lowest BCUT2D eigenvalue weighted by atomic mass is 10.2. The molecule has 2 heterocycles. The van der Waals surface area contributed by atoms with E-state index in [1.807, 2.05) is 0 Å². The molecule has 0 radical (unpaired) electrons. The second kappa shape index (κ2) is 5.63. The Labute approximate surface area is 119 Å². The smallest absolute Gasteiger partial charge is 0.427 e. The molecule has 0 bridgehead atoms. The van der Waals surface area contributed by atoms with Crippen LogP contribution in [-0.4, -0.2) is 34.9 Å². The van der Waals surface area contributed by atoms with Crippen molar-refractivity contribution in [2.45, 2.75) is 25.0 Å². The van der Waals surface area contributed by atoms with Crippen LogP contribution in [0, 0.1) is 0 Å². The van der Waals surface area contributed by atoms with Crippen molar-refractivity contribution < 1.29 is 35.9 Å². The Balaban J connectivity index is 1.92. The molecule has 11 heteroatoms. The number of ether oxygens (including phenoxy) is 1. The van der Waals surface area contributed by atoms with Gasteiger partial charge in [-0.2, -0.15) is 26.3 Å². The normalized spacial score (nSPS) is 19.5. The average Bonchev–Trinajstić information content (AvgIpc) is 2.77. The van der Waals surface area contributed by atoms with E-state index in [1.165, 1.54) is 0 Å². The summed E-state index contributed by atoms with van der Waals surface area (Å²) in [5.74, 6) is 0. The molecular formula is C11H9F6N3O2. The molecule has 22 heavy (non-hydrogen) atoms. The van der Waals surface area contributed by atoms with Crippen molar-refractivity contribution in [1.29, 1.82) is 0 Å². The summed E-state index contributed by atoms with van der Waals surface area (Å²) < 4.78 is 78.2. The number of cyclic esters (lactones) is 1. The first kappa shape index (κ1) is 16.3. The highest BCUT2D eigenvalue weighted by atomic mass is 19.4. The first-order valence-corrected chi connectivity index (χ1v) is 5.88. The predicted octanol–water partition coefficient (Wildman–Crippen LogP) is 2.49. The summed E-state index contributed by atoms with van der Waals surface area (Å²) in [6, 6.07) is 1.84. The van der Waals surface area contributed by atoms with E-state index in [0.29, 0.717) is 11.2 Å². The Morgan fingerprint density at radius 3 is 2.41 bits per heavy atom. The standard InChI is InChI=1S/C11H9F6N3O2/c12-10(13,14)6-1-2-7(18-3-6)4-19-20-5-8(11(15,16)17)22-9(20)21/h1-3,8,19H,4-5H2. The first-order valence-electron chi connectivity index (χ1n) is 5.88. The van der Waals surface area contributed by atoms with Gasteiger partial charge in [0.25, 0.3) is 0 Å². The highest BCUT2D eigenvalue weighted by Crippen LogP contribution is 2.29. The molecular weight excluding hydrogens is 320 g/mol. The lowest BCUT2D eigenvalue weighted by Crippen LogP contribution is -2.40. The zero-order valence-corrected chi connectivity index (χ0v) is 10.7. The van der Waals surface area contributed by atoms with E-state index in [-0.39, 0.29) is 12.2 Å². The third kappa shape index (κ3) is 3.78. The number of carbonyl (C=O) groups excluding carboxylic acids is 1. The van der Waals surface area contributed by atoms with Crippen molar-refractivity contribution in [3.63, 3.8) is 0 Å². The fourth-order valence-electron chi connectivity index (χ4n) is 1.64. The van der Waals surface area contributed by atoms with E-state index < -0.39 is 36.7 Å². The van der Waals surface area contributed by atoms with Crippen molar-refractivity contribution in [1.82, 2.24) is 15.4 Å². The van der Waals surface area contributed by atoms with Crippen molar-refractivity contribution in [3.05, 3.63) is 29.6 Å². The van der Waals surface area contributed by atoms with Gasteiger partial charge in [-0.25, -0.2) is 15.2 Å². The van der Waals surface area contributed by atoms with Crippen molar-refractivity contribution in [3.8, 4) is 0 Å². The van der Waals surface area contributed by atoms with E-state index in [0.717, 1.165) is 12.1 Å². The molecule has 1 atom stereocenters. The lowest BCUT2D eigenvalue weighted by molar-refractivity contribution is -0.192. The molecule has 0 spiro atoms. The van der Waals surface area contributed by atoms with Crippen molar-refractivity contribution >= 4 is 6.09 Å². The van der Waals surface area contributed by atoms with Crippen LogP contribution in [-0.2, 0) is 17.5 Å². The number of pyridine rings is 1. The zero-order valence-electron chi connectivity index (χ0n) is 10.7. The molecule has 0 saturated carbocycles. The fraction of sp³-hybridized carbons (Fsp3) is 0.455. The maximum Gasteiger partial charge on any atom is 0.427 e. The van der Waals surface area contributed by atoms with Crippen LogP contribution in [0.25, 0.3) is 0 Å². The Morgan fingerprint density at radius 1 is 1.27 bits per heavy atom. The molecule has 1 unspecified atom stereocenters.